The van der Waals surface area contributed by atoms with E-state index in [-0.39, 0.29) is 0 Å². The zero-order valence-corrected chi connectivity index (χ0v) is 12.6. The minimum absolute atomic E-state index is 0.603. The van der Waals surface area contributed by atoms with Crippen LogP contribution in [0, 0.1) is 0 Å². The second kappa shape index (κ2) is 6.53. The zero-order chi connectivity index (χ0) is 13.8. The Kier molecular flexibility index (Phi) is 4.51. The molecule has 1 N–H and O–H groups in total. The van der Waals surface area contributed by atoms with Crippen LogP contribution in [0.4, 0.5) is 5.69 Å². The van der Waals surface area contributed by atoms with Gasteiger partial charge < -0.3 is 10.2 Å². The summed E-state index contributed by atoms with van der Waals surface area (Å²) >= 11 is 0. The lowest BCUT2D eigenvalue weighted by molar-refractivity contribution is 0.427. The van der Waals surface area contributed by atoms with Crippen LogP contribution >= 0.6 is 0 Å². The first kappa shape index (κ1) is 13.8. The standard InChI is InChI=1S/C16H26N4/c1-2-14-15(20-10-8-17-9-11-20)12-18-16(19-14)13-6-4-3-5-7-13/h12-13,17H,2-11H2,1H3. The second-order valence-electron chi connectivity index (χ2n) is 5.99. The van der Waals surface area contributed by atoms with Crippen molar-refractivity contribution in [2.45, 2.75) is 51.4 Å². The summed E-state index contributed by atoms with van der Waals surface area (Å²) < 4.78 is 0. The van der Waals surface area contributed by atoms with Crippen LogP contribution in [0.25, 0.3) is 0 Å². The fourth-order valence-corrected chi connectivity index (χ4v) is 3.41. The highest BCUT2D eigenvalue weighted by molar-refractivity contribution is 5.49. The molecule has 20 heavy (non-hydrogen) atoms. The molecular weight excluding hydrogens is 248 g/mol. The third-order valence-corrected chi connectivity index (χ3v) is 4.63. The summed E-state index contributed by atoms with van der Waals surface area (Å²) in [5.74, 6) is 1.70. The molecule has 0 aromatic carbocycles. The molecule has 0 radical (unpaired) electrons. The Bertz CT molecular complexity index is 434. The number of aryl methyl sites for hydroxylation is 1. The van der Waals surface area contributed by atoms with E-state index in [2.05, 4.69) is 23.3 Å². The molecule has 0 atom stereocenters. The predicted octanol–water partition coefficient (Wildman–Crippen LogP) is 2.50. The molecule has 0 amide bonds. The number of piperazine rings is 1. The number of hydrogen-bond donors (Lipinski definition) is 1. The van der Waals surface area contributed by atoms with E-state index in [1.165, 1.54) is 43.5 Å². The maximum absolute atomic E-state index is 4.92. The highest BCUT2D eigenvalue weighted by Gasteiger charge is 2.21. The van der Waals surface area contributed by atoms with E-state index in [4.69, 9.17) is 9.97 Å². The van der Waals surface area contributed by atoms with Crippen LogP contribution in [0.3, 0.4) is 0 Å². The quantitative estimate of drug-likeness (QED) is 0.919. The molecule has 110 valence electrons. The maximum atomic E-state index is 4.92. The molecule has 1 aromatic heterocycles. The van der Waals surface area contributed by atoms with Crippen LogP contribution in [0.1, 0.15) is 56.5 Å². The molecule has 4 nitrogen and oxygen atoms in total. The van der Waals surface area contributed by atoms with E-state index in [1.807, 2.05) is 0 Å². The van der Waals surface area contributed by atoms with Crippen molar-refractivity contribution in [1.82, 2.24) is 15.3 Å². The van der Waals surface area contributed by atoms with Gasteiger partial charge in [0.1, 0.15) is 5.82 Å². The summed E-state index contributed by atoms with van der Waals surface area (Å²) in [6.07, 6.45) is 9.70. The summed E-state index contributed by atoms with van der Waals surface area (Å²) in [5, 5.41) is 3.40. The van der Waals surface area contributed by atoms with E-state index in [1.54, 1.807) is 0 Å². The zero-order valence-electron chi connectivity index (χ0n) is 12.6. The molecule has 1 saturated heterocycles. The molecule has 1 saturated carbocycles. The average molecular weight is 274 g/mol. The van der Waals surface area contributed by atoms with Gasteiger partial charge >= 0.3 is 0 Å². The number of rotatable bonds is 3. The fourth-order valence-electron chi connectivity index (χ4n) is 3.41. The Hall–Kier alpha value is -1.16. The SMILES string of the molecule is CCc1nc(C2CCCCC2)ncc1N1CCNCC1. The molecule has 0 unspecified atom stereocenters. The van der Waals surface area contributed by atoms with E-state index in [9.17, 15) is 0 Å². The molecule has 1 aliphatic heterocycles. The molecular formula is C16H26N4. The summed E-state index contributed by atoms with van der Waals surface area (Å²) in [5.41, 5.74) is 2.50. The van der Waals surface area contributed by atoms with Gasteiger partial charge in [0.05, 0.1) is 17.6 Å². The Morgan fingerprint density at radius 1 is 1.20 bits per heavy atom. The van der Waals surface area contributed by atoms with Crippen molar-refractivity contribution in [3.8, 4) is 0 Å². The van der Waals surface area contributed by atoms with Gasteiger partial charge in [0.15, 0.2) is 0 Å². The van der Waals surface area contributed by atoms with Crippen LogP contribution in [-0.2, 0) is 6.42 Å². The fraction of sp³-hybridized carbons (Fsp3) is 0.750. The molecule has 2 heterocycles. The lowest BCUT2D eigenvalue weighted by Crippen LogP contribution is -2.44. The maximum Gasteiger partial charge on any atom is 0.131 e. The van der Waals surface area contributed by atoms with Gasteiger partial charge in [-0.25, -0.2) is 9.97 Å². The van der Waals surface area contributed by atoms with Gasteiger partial charge in [0.25, 0.3) is 0 Å². The first-order chi connectivity index (χ1) is 9.88. The molecule has 1 aliphatic carbocycles. The van der Waals surface area contributed by atoms with E-state index < -0.39 is 0 Å². The largest absolute Gasteiger partial charge is 0.366 e. The van der Waals surface area contributed by atoms with Crippen LogP contribution in [0.5, 0.6) is 0 Å². The van der Waals surface area contributed by atoms with Crippen molar-refractivity contribution < 1.29 is 0 Å². The normalized spacial score (nSPS) is 21.1. The van der Waals surface area contributed by atoms with Crippen molar-refractivity contribution in [1.29, 1.82) is 0 Å². The molecule has 0 bridgehead atoms. The molecule has 0 spiro atoms. The average Bonchev–Trinajstić information content (AvgIpc) is 2.56. The van der Waals surface area contributed by atoms with Gasteiger partial charge in [0, 0.05) is 32.1 Å². The molecule has 3 rings (SSSR count). The van der Waals surface area contributed by atoms with Gasteiger partial charge in [-0.15, -0.1) is 0 Å². The predicted molar refractivity (Wildman–Crippen MR) is 82.3 cm³/mol. The van der Waals surface area contributed by atoms with Gasteiger partial charge in [-0.1, -0.05) is 26.2 Å². The highest BCUT2D eigenvalue weighted by Crippen LogP contribution is 2.31. The van der Waals surface area contributed by atoms with E-state index in [0.29, 0.717) is 5.92 Å². The van der Waals surface area contributed by atoms with Crippen molar-refractivity contribution in [2.75, 3.05) is 31.1 Å². The molecule has 2 fully saturated rings. The summed E-state index contributed by atoms with van der Waals surface area (Å²) in [4.78, 5) is 12.1. The van der Waals surface area contributed by atoms with Crippen LogP contribution in [0.2, 0.25) is 0 Å². The first-order valence-corrected chi connectivity index (χ1v) is 8.20. The Morgan fingerprint density at radius 2 is 1.95 bits per heavy atom. The van der Waals surface area contributed by atoms with Crippen molar-refractivity contribution in [3.05, 3.63) is 17.7 Å². The van der Waals surface area contributed by atoms with Gasteiger partial charge in [-0.2, -0.15) is 0 Å². The topological polar surface area (TPSA) is 41.1 Å². The van der Waals surface area contributed by atoms with E-state index >= 15 is 0 Å². The monoisotopic (exact) mass is 274 g/mol. The Labute approximate surface area is 122 Å². The minimum Gasteiger partial charge on any atom is -0.366 e. The lowest BCUT2D eigenvalue weighted by atomic mass is 9.88. The van der Waals surface area contributed by atoms with Crippen molar-refractivity contribution >= 4 is 5.69 Å². The summed E-state index contributed by atoms with van der Waals surface area (Å²) in [7, 11) is 0. The van der Waals surface area contributed by atoms with Crippen LogP contribution in [0.15, 0.2) is 6.20 Å². The summed E-state index contributed by atoms with van der Waals surface area (Å²) in [6.45, 7) is 6.47. The van der Waals surface area contributed by atoms with Crippen LogP contribution in [-0.4, -0.2) is 36.1 Å². The van der Waals surface area contributed by atoms with Gasteiger partial charge in [-0.3, -0.25) is 0 Å². The van der Waals surface area contributed by atoms with E-state index in [0.717, 1.165) is 38.4 Å². The minimum atomic E-state index is 0.603. The number of nitrogens with one attached hydrogen (secondary N) is 1. The Balaban J connectivity index is 1.81. The van der Waals surface area contributed by atoms with Gasteiger partial charge in [0.2, 0.25) is 0 Å². The highest BCUT2D eigenvalue weighted by atomic mass is 15.2. The third-order valence-electron chi connectivity index (χ3n) is 4.63. The number of hydrogen-bond acceptors (Lipinski definition) is 4. The van der Waals surface area contributed by atoms with Gasteiger partial charge in [-0.05, 0) is 19.3 Å². The first-order valence-electron chi connectivity index (χ1n) is 8.20. The summed E-state index contributed by atoms with van der Waals surface area (Å²) in [6, 6.07) is 0. The smallest absolute Gasteiger partial charge is 0.131 e. The number of aromatic nitrogens is 2. The molecule has 2 aliphatic rings. The van der Waals surface area contributed by atoms with Crippen molar-refractivity contribution in [2.24, 2.45) is 0 Å². The lowest BCUT2D eigenvalue weighted by Gasteiger charge is -2.31. The molecule has 4 heteroatoms. The van der Waals surface area contributed by atoms with Crippen molar-refractivity contribution in [3.63, 3.8) is 0 Å². The third kappa shape index (κ3) is 2.95. The second-order valence-corrected chi connectivity index (χ2v) is 5.99. The molecule has 1 aromatic rings. The van der Waals surface area contributed by atoms with Crippen LogP contribution < -0.4 is 10.2 Å². The Morgan fingerprint density at radius 3 is 2.65 bits per heavy atom. The number of nitrogens with zero attached hydrogens (tertiary/aromatic N) is 3. The number of anilines is 1.